The van der Waals surface area contributed by atoms with Crippen molar-refractivity contribution in [3.63, 3.8) is 0 Å². The second-order valence-corrected chi connectivity index (χ2v) is 5.34. The highest BCUT2D eigenvalue weighted by atomic mass is 16.4. The van der Waals surface area contributed by atoms with E-state index in [9.17, 15) is 9.59 Å². The minimum atomic E-state index is -0.944. The number of aromatic carboxylic acids is 1. The fourth-order valence-corrected chi connectivity index (χ4v) is 2.63. The van der Waals surface area contributed by atoms with Gasteiger partial charge in [-0.25, -0.2) is 9.59 Å². The number of rotatable bonds is 3. The lowest BCUT2D eigenvalue weighted by molar-refractivity contribution is 0.0697. The van der Waals surface area contributed by atoms with E-state index >= 15 is 0 Å². The van der Waals surface area contributed by atoms with Crippen molar-refractivity contribution in [2.45, 2.75) is 45.3 Å². The maximum absolute atomic E-state index is 12.1. The number of carbonyl (C=O) groups is 2. The minimum Gasteiger partial charge on any atom is -0.478 e. The normalized spacial score (nSPS) is 21.8. The zero-order chi connectivity index (χ0) is 14.7. The third-order valence-corrected chi connectivity index (χ3v) is 3.83. The lowest BCUT2D eigenvalue weighted by Crippen LogP contribution is -2.44. The maximum Gasteiger partial charge on any atom is 0.335 e. The van der Waals surface area contributed by atoms with E-state index < -0.39 is 5.97 Å². The molecule has 1 aliphatic rings. The number of hydrogen-bond acceptors (Lipinski definition) is 2. The molecule has 1 aromatic rings. The maximum atomic E-state index is 12.1. The van der Waals surface area contributed by atoms with Crippen molar-refractivity contribution in [1.29, 1.82) is 0 Å². The van der Waals surface area contributed by atoms with Crippen LogP contribution in [0.2, 0.25) is 0 Å². The standard InChI is InChI=1S/C15H20N2O3/c1-10-3-4-11(2)17(10)15(20)16-9-12-5-7-13(8-6-12)14(18)19/h5-8,10-11H,3-4,9H2,1-2H3,(H,16,20)(H,18,19). The fraction of sp³-hybridized carbons (Fsp3) is 0.467. The summed E-state index contributed by atoms with van der Waals surface area (Å²) in [7, 11) is 0. The first kappa shape index (κ1) is 14.4. The van der Waals surface area contributed by atoms with Crippen molar-refractivity contribution >= 4 is 12.0 Å². The number of amides is 2. The predicted molar refractivity (Wildman–Crippen MR) is 75.6 cm³/mol. The smallest absolute Gasteiger partial charge is 0.335 e. The van der Waals surface area contributed by atoms with Gasteiger partial charge in [-0.15, -0.1) is 0 Å². The summed E-state index contributed by atoms with van der Waals surface area (Å²) in [4.78, 5) is 24.8. The Morgan fingerprint density at radius 1 is 1.20 bits per heavy atom. The van der Waals surface area contributed by atoms with Crippen LogP contribution in [0.25, 0.3) is 0 Å². The lowest BCUT2D eigenvalue weighted by atomic mass is 10.1. The highest BCUT2D eigenvalue weighted by Gasteiger charge is 2.30. The Balaban J connectivity index is 1.91. The van der Waals surface area contributed by atoms with Gasteiger partial charge in [0.15, 0.2) is 0 Å². The van der Waals surface area contributed by atoms with Gasteiger partial charge in [0.1, 0.15) is 0 Å². The molecule has 1 saturated heterocycles. The van der Waals surface area contributed by atoms with E-state index in [1.54, 1.807) is 24.3 Å². The van der Waals surface area contributed by atoms with E-state index in [1.165, 1.54) is 0 Å². The molecule has 0 radical (unpaired) electrons. The number of carboxylic acids is 1. The van der Waals surface area contributed by atoms with Crippen molar-refractivity contribution in [3.05, 3.63) is 35.4 Å². The van der Waals surface area contributed by atoms with Gasteiger partial charge in [-0.2, -0.15) is 0 Å². The van der Waals surface area contributed by atoms with Gasteiger partial charge < -0.3 is 15.3 Å². The highest BCUT2D eigenvalue weighted by molar-refractivity contribution is 5.87. The van der Waals surface area contributed by atoms with Gasteiger partial charge in [0.25, 0.3) is 0 Å². The minimum absolute atomic E-state index is 0.0511. The van der Waals surface area contributed by atoms with Crippen LogP contribution in [0.15, 0.2) is 24.3 Å². The average Bonchev–Trinajstić information content (AvgIpc) is 2.76. The van der Waals surface area contributed by atoms with Gasteiger partial charge in [0.2, 0.25) is 0 Å². The predicted octanol–water partition coefficient (Wildman–Crippen LogP) is 2.47. The monoisotopic (exact) mass is 276 g/mol. The quantitative estimate of drug-likeness (QED) is 0.891. The fourth-order valence-electron chi connectivity index (χ4n) is 2.63. The van der Waals surface area contributed by atoms with Crippen LogP contribution in [0.5, 0.6) is 0 Å². The largest absolute Gasteiger partial charge is 0.478 e. The Morgan fingerprint density at radius 2 is 1.75 bits per heavy atom. The average molecular weight is 276 g/mol. The summed E-state index contributed by atoms with van der Waals surface area (Å²) < 4.78 is 0. The van der Waals surface area contributed by atoms with Crippen LogP contribution in [0.4, 0.5) is 4.79 Å². The lowest BCUT2D eigenvalue weighted by Gasteiger charge is -2.26. The van der Waals surface area contributed by atoms with Crippen LogP contribution in [0.3, 0.4) is 0 Å². The number of benzene rings is 1. The third-order valence-electron chi connectivity index (χ3n) is 3.83. The third kappa shape index (κ3) is 3.10. The van der Waals surface area contributed by atoms with E-state index in [0.717, 1.165) is 18.4 Å². The molecule has 108 valence electrons. The number of nitrogens with one attached hydrogen (secondary N) is 1. The van der Waals surface area contributed by atoms with Gasteiger partial charge in [-0.05, 0) is 44.4 Å². The Bertz CT molecular complexity index is 488. The summed E-state index contributed by atoms with van der Waals surface area (Å²) >= 11 is 0. The van der Waals surface area contributed by atoms with Crippen molar-refractivity contribution in [1.82, 2.24) is 10.2 Å². The Labute approximate surface area is 118 Å². The molecule has 0 saturated carbocycles. The molecule has 1 fully saturated rings. The van der Waals surface area contributed by atoms with Crippen molar-refractivity contribution in [2.24, 2.45) is 0 Å². The molecule has 0 aliphatic carbocycles. The molecule has 2 atom stereocenters. The number of likely N-dealkylation sites (tertiary alicyclic amines) is 1. The number of hydrogen-bond donors (Lipinski definition) is 2. The number of urea groups is 1. The summed E-state index contributed by atoms with van der Waals surface area (Å²) in [5.41, 5.74) is 1.14. The first-order valence-electron chi connectivity index (χ1n) is 6.87. The zero-order valence-corrected chi connectivity index (χ0v) is 11.8. The molecule has 0 bridgehead atoms. The van der Waals surface area contributed by atoms with Crippen LogP contribution in [0, 0.1) is 0 Å². The number of carboxylic acid groups (broad SMARTS) is 1. The van der Waals surface area contributed by atoms with Crippen molar-refractivity contribution in [3.8, 4) is 0 Å². The molecule has 1 heterocycles. The van der Waals surface area contributed by atoms with Gasteiger partial charge in [0, 0.05) is 18.6 Å². The zero-order valence-electron chi connectivity index (χ0n) is 11.8. The summed E-state index contributed by atoms with van der Waals surface area (Å²) in [6.07, 6.45) is 2.09. The Kier molecular flexibility index (Phi) is 4.27. The van der Waals surface area contributed by atoms with Crippen molar-refractivity contribution < 1.29 is 14.7 Å². The first-order chi connectivity index (χ1) is 9.49. The van der Waals surface area contributed by atoms with Crippen molar-refractivity contribution in [2.75, 3.05) is 0 Å². The van der Waals surface area contributed by atoms with Gasteiger partial charge >= 0.3 is 12.0 Å². The molecule has 20 heavy (non-hydrogen) atoms. The molecule has 1 aromatic carbocycles. The van der Waals surface area contributed by atoms with Gasteiger partial charge in [0.05, 0.1) is 5.56 Å². The molecule has 2 amide bonds. The molecule has 2 rings (SSSR count). The van der Waals surface area contributed by atoms with Crippen LogP contribution < -0.4 is 5.32 Å². The molecule has 2 unspecified atom stereocenters. The molecule has 0 spiro atoms. The molecule has 5 heteroatoms. The second-order valence-electron chi connectivity index (χ2n) is 5.34. The first-order valence-corrected chi connectivity index (χ1v) is 6.87. The van der Waals surface area contributed by atoms with Gasteiger partial charge in [-0.3, -0.25) is 0 Å². The van der Waals surface area contributed by atoms with E-state index in [1.807, 2.05) is 4.90 Å². The number of carbonyl (C=O) groups excluding carboxylic acids is 1. The van der Waals surface area contributed by atoms with Crippen LogP contribution in [-0.4, -0.2) is 34.1 Å². The Hall–Kier alpha value is -2.04. The topological polar surface area (TPSA) is 69.6 Å². The molecule has 0 aromatic heterocycles. The van der Waals surface area contributed by atoms with Crippen LogP contribution in [-0.2, 0) is 6.54 Å². The van der Waals surface area contributed by atoms with Gasteiger partial charge in [-0.1, -0.05) is 12.1 Å². The van der Waals surface area contributed by atoms with E-state index in [4.69, 9.17) is 5.11 Å². The molecular weight excluding hydrogens is 256 g/mol. The van der Waals surface area contributed by atoms with E-state index in [2.05, 4.69) is 19.2 Å². The van der Waals surface area contributed by atoms with E-state index in [-0.39, 0.29) is 23.7 Å². The SMILES string of the molecule is CC1CCC(C)N1C(=O)NCc1ccc(C(=O)O)cc1. The van der Waals surface area contributed by atoms with Crippen LogP contribution in [0.1, 0.15) is 42.6 Å². The molecule has 1 aliphatic heterocycles. The highest BCUT2D eigenvalue weighted by Crippen LogP contribution is 2.23. The Morgan fingerprint density at radius 3 is 2.25 bits per heavy atom. The summed E-state index contributed by atoms with van der Waals surface area (Å²) in [5.74, 6) is -0.944. The molecular formula is C15H20N2O3. The van der Waals surface area contributed by atoms with Crippen LogP contribution >= 0.6 is 0 Å². The summed E-state index contributed by atoms with van der Waals surface area (Å²) in [5, 5.41) is 11.7. The summed E-state index contributed by atoms with van der Waals surface area (Å²) in [6, 6.07) is 7.04. The summed E-state index contributed by atoms with van der Waals surface area (Å²) in [6.45, 7) is 4.53. The second kappa shape index (κ2) is 5.94. The molecule has 2 N–H and O–H groups in total. The molecule has 5 nitrogen and oxygen atoms in total. The number of nitrogens with zero attached hydrogens (tertiary/aromatic N) is 1. The van der Waals surface area contributed by atoms with E-state index in [0.29, 0.717) is 6.54 Å².